The fraction of sp³-hybridized carbons (Fsp3) is 0.462. The van der Waals surface area contributed by atoms with E-state index in [0.29, 0.717) is 38.0 Å². The van der Waals surface area contributed by atoms with Crippen LogP contribution in [0.4, 0.5) is 17.1 Å². The third kappa shape index (κ3) is 3.43. The van der Waals surface area contributed by atoms with Crippen molar-refractivity contribution < 1.29 is 19.2 Å². The molecule has 8 nitrogen and oxygen atoms in total. The summed E-state index contributed by atoms with van der Waals surface area (Å²) in [5, 5.41) is 11.4. The third-order valence-electron chi connectivity index (χ3n) is 7.71. The second-order valence-electron chi connectivity index (χ2n) is 10.4. The molecule has 0 unspecified atom stereocenters. The molecule has 0 amide bonds. The summed E-state index contributed by atoms with van der Waals surface area (Å²) in [6.07, 6.45) is 0.876. The average Bonchev–Trinajstić information content (AvgIpc) is 2.81. The number of methoxy groups -OCH3 is 1. The summed E-state index contributed by atoms with van der Waals surface area (Å²) in [7, 11) is 1.63. The highest BCUT2D eigenvalue weighted by Gasteiger charge is 2.60. The predicted molar refractivity (Wildman–Crippen MR) is 129 cm³/mol. The van der Waals surface area contributed by atoms with Crippen LogP contribution in [0.5, 0.6) is 5.75 Å². The van der Waals surface area contributed by atoms with E-state index >= 15 is 0 Å². The van der Waals surface area contributed by atoms with Crippen LogP contribution in [-0.4, -0.2) is 49.3 Å². The second-order valence-corrected chi connectivity index (χ2v) is 10.4. The molecule has 34 heavy (non-hydrogen) atoms. The molecule has 2 aromatic carbocycles. The SMILES string of the molecule is COc1ccc(N2CCN3c4ccc([N+](=O)[O-])cc4CC4(C(=O)CC(C)(C)CC4=O)[C@H]3C2)cc1. The normalized spacial score (nSPS) is 22.9. The van der Waals surface area contributed by atoms with Gasteiger partial charge in [-0.2, -0.15) is 0 Å². The molecule has 2 fully saturated rings. The van der Waals surface area contributed by atoms with Crippen LogP contribution in [0.25, 0.3) is 0 Å². The fourth-order valence-electron chi connectivity index (χ4n) is 6.02. The van der Waals surface area contributed by atoms with Crippen LogP contribution in [0, 0.1) is 20.9 Å². The number of carbonyl (C=O) groups excluding carboxylic acids is 2. The highest BCUT2D eigenvalue weighted by molar-refractivity contribution is 6.11. The summed E-state index contributed by atoms with van der Waals surface area (Å²) < 4.78 is 5.28. The Balaban J connectivity index is 1.59. The van der Waals surface area contributed by atoms with Gasteiger partial charge in [0.15, 0.2) is 0 Å². The van der Waals surface area contributed by atoms with Crippen molar-refractivity contribution in [3.63, 3.8) is 0 Å². The highest BCUT2D eigenvalue weighted by atomic mass is 16.6. The molecule has 1 spiro atoms. The number of nitro benzene ring substituents is 1. The summed E-state index contributed by atoms with van der Waals surface area (Å²) in [6, 6.07) is 12.3. The minimum absolute atomic E-state index is 0.0137. The Hall–Kier alpha value is -3.42. The Morgan fingerprint density at radius 3 is 2.29 bits per heavy atom. The predicted octanol–water partition coefficient (Wildman–Crippen LogP) is 3.80. The van der Waals surface area contributed by atoms with Crippen LogP contribution in [-0.2, 0) is 16.0 Å². The molecule has 0 radical (unpaired) electrons. The number of carbonyl (C=O) groups is 2. The number of hydrogen-bond acceptors (Lipinski definition) is 7. The fourth-order valence-corrected chi connectivity index (χ4v) is 6.02. The van der Waals surface area contributed by atoms with Crippen molar-refractivity contribution in [1.29, 1.82) is 0 Å². The molecule has 2 heterocycles. The summed E-state index contributed by atoms with van der Waals surface area (Å²) >= 11 is 0. The second kappa shape index (κ2) is 7.82. The van der Waals surface area contributed by atoms with Crippen LogP contribution >= 0.6 is 0 Å². The Kier molecular flexibility index (Phi) is 5.15. The number of rotatable bonds is 3. The molecular formula is C26H29N3O5. The van der Waals surface area contributed by atoms with Gasteiger partial charge in [-0.05, 0) is 47.7 Å². The van der Waals surface area contributed by atoms with Crippen molar-refractivity contribution in [2.45, 2.75) is 39.2 Å². The zero-order valence-corrected chi connectivity index (χ0v) is 19.7. The average molecular weight is 464 g/mol. The van der Waals surface area contributed by atoms with Gasteiger partial charge in [-0.15, -0.1) is 0 Å². The number of hydrogen-bond donors (Lipinski definition) is 0. The quantitative estimate of drug-likeness (QED) is 0.388. The highest BCUT2D eigenvalue weighted by Crippen LogP contribution is 2.51. The summed E-state index contributed by atoms with van der Waals surface area (Å²) in [5.74, 6) is 0.682. The standard InChI is InChI=1S/C26H29N3O5/c1-25(2)14-23(30)26(24(31)15-25)13-17-12-19(29(32)33)6-9-21(17)28-11-10-27(16-22(26)28)18-4-7-20(34-3)8-5-18/h4-9,12,22H,10-11,13-16H2,1-3H3/t22-/m1/s1. The lowest BCUT2D eigenvalue weighted by Crippen LogP contribution is -2.69. The summed E-state index contributed by atoms with van der Waals surface area (Å²) in [5.41, 5.74) is 1.03. The molecule has 2 aromatic rings. The van der Waals surface area contributed by atoms with Crippen LogP contribution in [0.2, 0.25) is 0 Å². The van der Waals surface area contributed by atoms with Crippen LogP contribution in [0.1, 0.15) is 32.3 Å². The Morgan fingerprint density at radius 2 is 1.68 bits per heavy atom. The molecular weight excluding hydrogens is 434 g/mol. The van der Waals surface area contributed by atoms with Gasteiger partial charge in [0.25, 0.3) is 5.69 Å². The van der Waals surface area contributed by atoms with E-state index in [1.807, 2.05) is 38.1 Å². The smallest absolute Gasteiger partial charge is 0.269 e. The Labute approximate surface area is 198 Å². The first-order chi connectivity index (χ1) is 16.1. The van der Waals surface area contributed by atoms with Gasteiger partial charge in [0.1, 0.15) is 22.7 Å². The van der Waals surface area contributed by atoms with Gasteiger partial charge >= 0.3 is 0 Å². The molecule has 5 rings (SSSR count). The minimum Gasteiger partial charge on any atom is -0.497 e. The number of anilines is 2. The van der Waals surface area contributed by atoms with Crippen molar-refractivity contribution in [3.8, 4) is 5.75 Å². The monoisotopic (exact) mass is 463 g/mol. The zero-order valence-electron chi connectivity index (χ0n) is 19.7. The van der Waals surface area contributed by atoms with E-state index in [9.17, 15) is 19.7 Å². The molecule has 1 saturated heterocycles. The Morgan fingerprint density at radius 1 is 1.00 bits per heavy atom. The lowest BCUT2D eigenvalue weighted by molar-refractivity contribution is -0.384. The maximum absolute atomic E-state index is 13.8. The molecule has 0 N–H and O–H groups in total. The maximum atomic E-state index is 13.8. The van der Waals surface area contributed by atoms with Gasteiger partial charge < -0.3 is 14.5 Å². The number of Topliss-reactive ketones (excluding diaryl/α,β-unsaturated/α-hetero) is 2. The number of non-ortho nitro benzene ring substituents is 1. The van der Waals surface area contributed by atoms with Gasteiger partial charge in [-0.25, -0.2) is 0 Å². The Bertz CT molecular complexity index is 1150. The number of ketones is 2. The maximum Gasteiger partial charge on any atom is 0.269 e. The number of benzene rings is 2. The lowest BCUT2D eigenvalue weighted by atomic mass is 9.56. The van der Waals surface area contributed by atoms with Crippen LogP contribution in [0.15, 0.2) is 42.5 Å². The van der Waals surface area contributed by atoms with Crippen molar-refractivity contribution in [1.82, 2.24) is 0 Å². The zero-order chi connectivity index (χ0) is 24.3. The van der Waals surface area contributed by atoms with E-state index in [0.717, 1.165) is 17.1 Å². The van der Waals surface area contributed by atoms with E-state index in [2.05, 4.69) is 9.80 Å². The number of fused-ring (bicyclic) bond motifs is 4. The van der Waals surface area contributed by atoms with Gasteiger partial charge in [0.2, 0.25) is 0 Å². The van der Waals surface area contributed by atoms with E-state index in [1.54, 1.807) is 19.2 Å². The lowest BCUT2D eigenvalue weighted by Gasteiger charge is -2.56. The summed E-state index contributed by atoms with van der Waals surface area (Å²) in [6.45, 7) is 5.77. The molecule has 8 heteroatoms. The molecule has 0 bridgehead atoms. The van der Waals surface area contributed by atoms with E-state index in [4.69, 9.17) is 4.74 Å². The third-order valence-corrected chi connectivity index (χ3v) is 7.71. The van der Waals surface area contributed by atoms with Crippen molar-refractivity contribution in [2.75, 3.05) is 36.5 Å². The molecule has 1 saturated carbocycles. The van der Waals surface area contributed by atoms with E-state index in [-0.39, 0.29) is 35.1 Å². The van der Waals surface area contributed by atoms with Crippen molar-refractivity contribution >= 4 is 28.6 Å². The van der Waals surface area contributed by atoms with E-state index in [1.165, 1.54) is 6.07 Å². The van der Waals surface area contributed by atoms with Crippen molar-refractivity contribution in [3.05, 3.63) is 58.1 Å². The van der Waals surface area contributed by atoms with Gasteiger partial charge in [-0.1, -0.05) is 13.8 Å². The minimum atomic E-state index is -1.19. The molecule has 3 aliphatic rings. The molecule has 178 valence electrons. The van der Waals surface area contributed by atoms with E-state index < -0.39 is 10.3 Å². The molecule has 2 aliphatic heterocycles. The number of nitro groups is 1. The first kappa shape index (κ1) is 22.4. The first-order valence-corrected chi connectivity index (χ1v) is 11.6. The molecule has 0 aromatic heterocycles. The largest absolute Gasteiger partial charge is 0.497 e. The van der Waals surface area contributed by atoms with Gasteiger partial charge in [-0.3, -0.25) is 19.7 Å². The summed E-state index contributed by atoms with van der Waals surface area (Å²) in [4.78, 5) is 43.0. The number of piperazine rings is 1. The van der Waals surface area contributed by atoms with Gasteiger partial charge in [0.05, 0.1) is 18.1 Å². The van der Waals surface area contributed by atoms with Crippen LogP contribution < -0.4 is 14.5 Å². The van der Waals surface area contributed by atoms with Crippen molar-refractivity contribution in [2.24, 2.45) is 10.8 Å². The van der Waals surface area contributed by atoms with Crippen LogP contribution in [0.3, 0.4) is 0 Å². The molecule has 1 aliphatic carbocycles. The van der Waals surface area contributed by atoms with Gasteiger partial charge in [0, 0.05) is 56.0 Å². The first-order valence-electron chi connectivity index (χ1n) is 11.6. The molecule has 1 atom stereocenters. The topological polar surface area (TPSA) is 93.0 Å². The number of nitrogens with zero attached hydrogens (tertiary/aromatic N) is 3. The number of ether oxygens (including phenoxy) is 1.